The van der Waals surface area contributed by atoms with Gasteiger partial charge in [0.1, 0.15) is 0 Å². The number of nitrogens with one attached hydrogen (secondary N) is 1. The summed E-state index contributed by atoms with van der Waals surface area (Å²) >= 11 is 0. The van der Waals surface area contributed by atoms with Crippen LogP contribution in [0.1, 0.15) is 18.4 Å². The number of carbonyl (C=O) groups excluding carboxylic acids is 1. The van der Waals surface area contributed by atoms with Crippen molar-refractivity contribution >= 4 is 11.6 Å². The minimum atomic E-state index is -0.387. The number of aromatic nitrogens is 2. The zero-order valence-electron chi connectivity index (χ0n) is 12.4. The minimum absolute atomic E-state index is 0.0337. The highest BCUT2D eigenvalue weighted by Gasteiger charge is 2.51. The van der Waals surface area contributed by atoms with Crippen LogP contribution in [0, 0.1) is 0 Å². The number of carbonyl (C=O) groups is 1. The summed E-state index contributed by atoms with van der Waals surface area (Å²) in [5, 5.41) is 10.6. The lowest BCUT2D eigenvalue weighted by Gasteiger charge is -2.16. The van der Waals surface area contributed by atoms with Gasteiger partial charge in [-0.25, -0.2) is 0 Å². The molecule has 2 aromatic carbocycles. The quantitative estimate of drug-likeness (QED) is 0.802. The van der Waals surface area contributed by atoms with Crippen molar-refractivity contribution in [2.24, 2.45) is 0 Å². The van der Waals surface area contributed by atoms with Gasteiger partial charge in [-0.1, -0.05) is 36.4 Å². The summed E-state index contributed by atoms with van der Waals surface area (Å²) in [5.41, 5.74) is 2.20. The molecule has 0 bridgehead atoms. The maximum atomic E-state index is 12.7. The summed E-state index contributed by atoms with van der Waals surface area (Å²) < 4.78 is 5.19. The Labute approximate surface area is 133 Å². The lowest BCUT2D eigenvalue weighted by Crippen LogP contribution is -2.27. The second kappa shape index (κ2) is 5.35. The summed E-state index contributed by atoms with van der Waals surface area (Å²) in [5.74, 6) is 0.469. The molecule has 5 nitrogen and oxygen atoms in total. The first-order valence-electron chi connectivity index (χ1n) is 7.51. The lowest BCUT2D eigenvalue weighted by molar-refractivity contribution is -0.118. The summed E-state index contributed by atoms with van der Waals surface area (Å²) in [6.45, 7) is 0. The molecular formula is C18H15N3O2. The largest absolute Gasteiger partial charge is 0.423 e. The van der Waals surface area contributed by atoms with Gasteiger partial charge in [-0.05, 0) is 36.6 Å². The normalized spacial score (nSPS) is 15.1. The topological polar surface area (TPSA) is 68.0 Å². The Morgan fingerprint density at radius 2 is 1.91 bits per heavy atom. The average Bonchev–Trinajstić information content (AvgIpc) is 3.23. The smallest absolute Gasteiger partial charge is 0.247 e. The molecular weight excluding hydrogens is 290 g/mol. The molecule has 1 fully saturated rings. The van der Waals surface area contributed by atoms with Gasteiger partial charge in [-0.15, -0.1) is 10.2 Å². The van der Waals surface area contributed by atoms with E-state index in [0.29, 0.717) is 5.89 Å². The number of hydrogen-bond acceptors (Lipinski definition) is 4. The molecule has 1 amide bonds. The third kappa shape index (κ3) is 2.50. The molecule has 0 unspecified atom stereocenters. The maximum Gasteiger partial charge on any atom is 0.247 e. The number of amides is 1. The summed E-state index contributed by atoms with van der Waals surface area (Å²) in [6.07, 6.45) is 3.05. The second-order valence-corrected chi connectivity index (χ2v) is 5.73. The standard InChI is InChI=1S/C18H15N3O2/c22-17(18(9-10-18)14-6-2-1-3-7-14)20-15-8-4-5-13(11-15)16-21-19-12-23-16/h1-8,11-12H,9-10H2,(H,20,22). The van der Waals surface area contributed by atoms with Crippen molar-refractivity contribution in [1.82, 2.24) is 10.2 Å². The molecule has 0 aliphatic heterocycles. The summed E-state index contributed by atoms with van der Waals surface area (Å²) in [6, 6.07) is 17.4. The van der Waals surface area contributed by atoms with Crippen molar-refractivity contribution in [3.63, 3.8) is 0 Å². The Morgan fingerprint density at radius 1 is 1.09 bits per heavy atom. The number of nitrogens with zero attached hydrogens (tertiary/aromatic N) is 2. The molecule has 0 spiro atoms. The molecule has 1 N–H and O–H groups in total. The van der Waals surface area contributed by atoms with Gasteiger partial charge in [0.2, 0.25) is 18.2 Å². The molecule has 114 valence electrons. The number of hydrogen-bond donors (Lipinski definition) is 1. The summed E-state index contributed by atoms with van der Waals surface area (Å²) in [7, 11) is 0. The highest BCUT2D eigenvalue weighted by atomic mass is 16.4. The third-order valence-corrected chi connectivity index (χ3v) is 4.24. The molecule has 23 heavy (non-hydrogen) atoms. The monoisotopic (exact) mass is 305 g/mol. The maximum absolute atomic E-state index is 12.7. The van der Waals surface area contributed by atoms with Crippen molar-refractivity contribution in [1.29, 1.82) is 0 Å². The SMILES string of the molecule is O=C(Nc1cccc(-c2nnco2)c1)C1(c2ccccc2)CC1. The van der Waals surface area contributed by atoms with Gasteiger partial charge in [0.25, 0.3) is 0 Å². The molecule has 0 saturated heterocycles. The number of rotatable bonds is 4. The lowest BCUT2D eigenvalue weighted by atomic mass is 9.95. The highest BCUT2D eigenvalue weighted by Crippen LogP contribution is 2.48. The van der Waals surface area contributed by atoms with E-state index in [9.17, 15) is 4.79 Å². The molecule has 1 aliphatic rings. The van der Waals surface area contributed by atoms with Crippen LogP contribution in [-0.2, 0) is 10.2 Å². The molecule has 1 saturated carbocycles. The van der Waals surface area contributed by atoms with Crippen molar-refractivity contribution in [3.05, 3.63) is 66.6 Å². The predicted molar refractivity (Wildman–Crippen MR) is 85.7 cm³/mol. The Kier molecular flexibility index (Phi) is 3.19. The predicted octanol–water partition coefficient (Wildman–Crippen LogP) is 3.41. The van der Waals surface area contributed by atoms with Crippen LogP contribution >= 0.6 is 0 Å². The summed E-state index contributed by atoms with van der Waals surface area (Å²) in [4.78, 5) is 12.7. The number of benzene rings is 2. The Bertz CT molecular complexity index is 824. The van der Waals surface area contributed by atoms with Gasteiger partial charge >= 0.3 is 0 Å². The van der Waals surface area contributed by atoms with Crippen molar-refractivity contribution in [2.75, 3.05) is 5.32 Å². The molecule has 0 atom stereocenters. The van der Waals surface area contributed by atoms with Gasteiger partial charge in [0.15, 0.2) is 0 Å². The Hall–Kier alpha value is -2.95. The molecule has 0 radical (unpaired) electrons. The fraction of sp³-hybridized carbons (Fsp3) is 0.167. The van der Waals surface area contributed by atoms with Gasteiger partial charge in [-0.3, -0.25) is 4.79 Å². The van der Waals surface area contributed by atoms with Crippen molar-refractivity contribution < 1.29 is 9.21 Å². The van der Waals surface area contributed by atoms with E-state index in [1.807, 2.05) is 54.6 Å². The van der Waals surface area contributed by atoms with E-state index in [-0.39, 0.29) is 11.3 Å². The van der Waals surface area contributed by atoms with E-state index in [1.54, 1.807) is 0 Å². The van der Waals surface area contributed by atoms with Crippen LogP contribution < -0.4 is 5.32 Å². The van der Waals surface area contributed by atoms with Crippen molar-refractivity contribution in [3.8, 4) is 11.5 Å². The highest BCUT2D eigenvalue weighted by molar-refractivity contribution is 6.01. The van der Waals surface area contributed by atoms with Gasteiger partial charge < -0.3 is 9.73 Å². The van der Waals surface area contributed by atoms with Crippen LogP contribution in [-0.4, -0.2) is 16.1 Å². The second-order valence-electron chi connectivity index (χ2n) is 5.73. The van der Waals surface area contributed by atoms with Crippen LogP contribution in [0.15, 0.2) is 65.4 Å². The molecule has 3 aromatic rings. The first kappa shape index (κ1) is 13.7. The van der Waals surface area contributed by atoms with Crippen LogP contribution in [0.4, 0.5) is 5.69 Å². The zero-order valence-corrected chi connectivity index (χ0v) is 12.4. The van der Waals surface area contributed by atoms with E-state index in [2.05, 4.69) is 15.5 Å². The first-order valence-corrected chi connectivity index (χ1v) is 7.51. The van der Waals surface area contributed by atoms with E-state index in [4.69, 9.17) is 4.42 Å². The molecule has 5 heteroatoms. The third-order valence-electron chi connectivity index (χ3n) is 4.24. The Morgan fingerprint density at radius 3 is 2.61 bits per heavy atom. The van der Waals surface area contributed by atoms with E-state index in [1.165, 1.54) is 6.39 Å². The zero-order chi connectivity index (χ0) is 15.7. The fourth-order valence-corrected chi connectivity index (χ4v) is 2.81. The van der Waals surface area contributed by atoms with Gasteiger partial charge in [0.05, 0.1) is 5.41 Å². The molecule has 1 aromatic heterocycles. The molecule has 1 heterocycles. The molecule has 4 rings (SSSR count). The van der Waals surface area contributed by atoms with Gasteiger partial charge in [-0.2, -0.15) is 0 Å². The van der Waals surface area contributed by atoms with Crippen LogP contribution in [0.25, 0.3) is 11.5 Å². The van der Waals surface area contributed by atoms with Crippen molar-refractivity contribution in [2.45, 2.75) is 18.3 Å². The van der Waals surface area contributed by atoms with Crippen LogP contribution in [0.3, 0.4) is 0 Å². The fourth-order valence-electron chi connectivity index (χ4n) is 2.81. The first-order chi connectivity index (χ1) is 11.3. The van der Waals surface area contributed by atoms with Crippen LogP contribution in [0.5, 0.6) is 0 Å². The van der Waals surface area contributed by atoms with E-state index in [0.717, 1.165) is 29.7 Å². The Balaban J connectivity index is 1.57. The van der Waals surface area contributed by atoms with Gasteiger partial charge in [0, 0.05) is 11.3 Å². The van der Waals surface area contributed by atoms with E-state index >= 15 is 0 Å². The number of anilines is 1. The van der Waals surface area contributed by atoms with Crippen LogP contribution in [0.2, 0.25) is 0 Å². The molecule has 1 aliphatic carbocycles. The average molecular weight is 305 g/mol. The van der Waals surface area contributed by atoms with E-state index < -0.39 is 0 Å². The minimum Gasteiger partial charge on any atom is -0.423 e.